The number of halogens is 2. The molecular weight excluding hydrogens is 290 g/mol. The molecule has 2 atom stereocenters. The quantitative estimate of drug-likeness (QED) is 0.738. The second-order valence-electron chi connectivity index (χ2n) is 3.93. The topological polar surface area (TPSA) is 85.2 Å². The summed E-state index contributed by atoms with van der Waals surface area (Å²) >= 11 is 0. The van der Waals surface area contributed by atoms with Gasteiger partial charge in [0.1, 0.15) is 6.10 Å². The third kappa shape index (κ3) is 4.54. The van der Waals surface area contributed by atoms with Gasteiger partial charge in [0, 0.05) is 0 Å². The van der Waals surface area contributed by atoms with E-state index in [0.717, 1.165) is 6.07 Å². The highest BCUT2D eigenvalue weighted by atomic mass is 19.3. The number of hydrogen-bond donors (Lipinski definition) is 2. The van der Waals surface area contributed by atoms with Crippen molar-refractivity contribution in [2.45, 2.75) is 25.7 Å². The minimum atomic E-state index is -3.03. The number of aliphatic hydroxyl groups excluding tert-OH is 2. The number of benzene rings is 1. The lowest BCUT2D eigenvalue weighted by Crippen LogP contribution is -2.29. The number of ether oxygens (including phenoxy) is 3. The predicted octanol–water partition coefficient (Wildman–Crippen LogP) is 1.25. The van der Waals surface area contributed by atoms with E-state index in [0.29, 0.717) is 0 Å². The van der Waals surface area contributed by atoms with Gasteiger partial charge in [-0.15, -0.1) is 0 Å². The van der Waals surface area contributed by atoms with Crippen molar-refractivity contribution in [3.8, 4) is 11.5 Å². The van der Waals surface area contributed by atoms with Crippen molar-refractivity contribution in [1.29, 1.82) is 0 Å². The molecule has 2 unspecified atom stereocenters. The van der Waals surface area contributed by atoms with Crippen molar-refractivity contribution >= 4 is 5.97 Å². The Morgan fingerprint density at radius 2 is 1.95 bits per heavy atom. The highest BCUT2D eigenvalue weighted by Crippen LogP contribution is 2.32. The van der Waals surface area contributed by atoms with Gasteiger partial charge in [0.2, 0.25) is 0 Å². The zero-order valence-electron chi connectivity index (χ0n) is 11.5. The molecule has 21 heavy (non-hydrogen) atoms. The SMILES string of the molecule is CCOC(=O)C(O)C(O)c1ccc(OC(F)F)c(OC)c1. The van der Waals surface area contributed by atoms with Gasteiger partial charge in [-0.25, -0.2) is 4.79 Å². The first-order valence-electron chi connectivity index (χ1n) is 6.06. The number of carbonyl (C=O) groups is 1. The minimum absolute atomic E-state index is 0.0487. The van der Waals surface area contributed by atoms with Crippen LogP contribution in [0, 0.1) is 0 Å². The van der Waals surface area contributed by atoms with Gasteiger partial charge in [-0.05, 0) is 24.6 Å². The van der Waals surface area contributed by atoms with Crippen molar-refractivity contribution < 1.29 is 38.0 Å². The number of aliphatic hydroxyl groups is 2. The van der Waals surface area contributed by atoms with Gasteiger partial charge >= 0.3 is 12.6 Å². The van der Waals surface area contributed by atoms with Gasteiger partial charge in [0.05, 0.1) is 13.7 Å². The summed E-state index contributed by atoms with van der Waals surface area (Å²) in [6.45, 7) is -1.43. The van der Waals surface area contributed by atoms with E-state index in [9.17, 15) is 23.8 Å². The highest BCUT2D eigenvalue weighted by molar-refractivity contribution is 5.75. The van der Waals surface area contributed by atoms with Crippen molar-refractivity contribution in [1.82, 2.24) is 0 Å². The molecule has 0 aliphatic heterocycles. The number of methoxy groups -OCH3 is 1. The molecule has 1 aromatic carbocycles. The Morgan fingerprint density at radius 1 is 1.29 bits per heavy atom. The smallest absolute Gasteiger partial charge is 0.387 e. The van der Waals surface area contributed by atoms with Gasteiger partial charge in [-0.3, -0.25) is 0 Å². The summed E-state index contributed by atoms with van der Waals surface area (Å²) in [7, 11) is 1.23. The lowest BCUT2D eigenvalue weighted by atomic mass is 10.0. The van der Waals surface area contributed by atoms with Gasteiger partial charge in [0.25, 0.3) is 0 Å². The van der Waals surface area contributed by atoms with Crippen LogP contribution in [0.5, 0.6) is 11.5 Å². The first-order chi connectivity index (χ1) is 9.90. The molecular formula is C13H16F2O6. The van der Waals surface area contributed by atoms with E-state index in [1.807, 2.05) is 0 Å². The van der Waals surface area contributed by atoms with Crippen LogP contribution in [0.3, 0.4) is 0 Å². The molecule has 0 bridgehead atoms. The molecule has 1 aromatic rings. The molecule has 0 saturated carbocycles. The molecule has 2 N–H and O–H groups in total. The third-order valence-electron chi connectivity index (χ3n) is 2.57. The maximum Gasteiger partial charge on any atom is 0.387 e. The lowest BCUT2D eigenvalue weighted by molar-refractivity contribution is -0.159. The van der Waals surface area contributed by atoms with Crippen LogP contribution in [-0.4, -0.2) is 42.6 Å². The number of esters is 1. The monoisotopic (exact) mass is 306 g/mol. The standard InChI is InChI=1S/C13H16F2O6/c1-3-20-12(18)11(17)10(16)7-4-5-8(21-13(14)15)9(6-7)19-2/h4-6,10-11,13,16-17H,3H2,1-2H3. The summed E-state index contributed by atoms with van der Waals surface area (Å²) in [6.07, 6.45) is -3.38. The van der Waals surface area contributed by atoms with Crippen LogP contribution in [0.15, 0.2) is 18.2 Å². The Kier molecular flexibility index (Phi) is 6.32. The second kappa shape index (κ2) is 7.75. The Hall–Kier alpha value is -1.93. The average Bonchev–Trinajstić information content (AvgIpc) is 2.45. The van der Waals surface area contributed by atoms with E-state index < -0.39 is 24.8 Å². The van der Waals surface area contributed by atoms with Crippen LogP contribution in [0.4, 0.5) is 8.78 Å². The molecule has 6 nitrogen and oxygen atoms in total. The highest BCUT2D eigenvalue weighted by Gasteiger charge is 2.27. The number of carbonyl (C=O) groups excluding carboxylic acids is 1. The number of alkyl halides is 2. The Morgan fingerprint density at radius 3 is 2.48 bits per heavy atom. The Labute approximate surface area is 119 Å². The van der Waals surface area contributed by atoms with Gasteiger partial charge < -0.3 is 24.4 Å². The normalized spacial score (nSPS) is 13.7. The average molecular weight is 306 g/mol. The van der Waals surface area contributed by atoms with E-state index >= 15 is 0 Å². The van der Waals surface area contributed by atoms with Crippen LogP contribution >= 0.6 is 0 Å². The molecule has 1 rings (SSSR count). The molecule has 0 fully saturated rings. The van der Waals surface area contributed by atoms with E-state index in [1.54, 1.807) is 6.92 Å². The van der Waals surface area contributed by atoms with E-state index in [4.69, 9.17) is 4.74 Å². The maximum atomic E-state index is 12.2. The van der Waals surface area contributed by atoms with Crippen LogP contribution in [-0.2, 0) is 9.53 Å². The van der Waals surface area contributed by atoms with Crippen LogP contribution in [0.25, 0.3) is 0 Å². The molecule has 118 valence electrons. The predicted molar refractivity (Wildman–Crippen MR) is 67.2 cm³/mol. The van der Waals surface area contributed by atoms with Gasteiger partial charge in [0.15, 0.2) is 17.6 Å². The first kappa shape index (κ1) is 17.1. The van der Waals surface area contributed by atoms with Gasteiger partial charge in [-0.1, -0.05) is 6.07 Å². The number of hydrogen-bond acceptors (Lipinski definition) is 6. The largest absolute Gasteiger partial charge is 0.493 e. The fourth-order valence-corrected chi connectivity index (χ4v) is 1.60. The zero-order chi connectivity index (χ0) is 16.0. The number of rotatable bonds is 7. The molecule has 0 radical (unpaired) electrons. The maximum absolute atomic E-state index is 12.2. The summed E-state index contributed by atoms with van der Waals surface area (Å²) in [4.78, 5) is 11.3. The van der Waals surface area contributed by atoms with Crippen molar-refractivity contribution in [3.05, 3.63) is 23.8 Å². The van der Waals surface area contributed by atoms with Crippen LogP contribution in [0.2, 0.25) is 0 Å². The molecule has 0 aliphatic carbocycles. The summed E-state index contributed by atoms with van der Waals surface area (Å²) in [6, 6.07) is 3.56. The van der Waals surface area contributed by atoms with Gasteiger partial charge in [-0.2, -0.15) is 8.78 Å². The van der Waals surface area contributed by atoms with E-state index in [-0.39, 0.29) is 23.7 Å². The fraction of sp³-hybridized carbons (Fsp3) is 0.462. The molecule has 0 spiro atoms. The summed E-state index contributed by atoms with van der Waals surface area (Å²) < 4.78 is 38.0. The molecule has 0 heterocycles. The van der Waals surface area contributed by atoms with Crippen molar-refractivity contribution in [2.24, 2.45) is 0 Å². The van der Waals surface area contributed by atoms with E-state index in [1.165, 1.54) is 19.2 Å². The summed E-state index contributed by atoms with van der Waals surface area (Å²) in [5.74, 6) is -1.28. The molecule has 8 heteroatoms. The Balaban J connectivity index is 2.95. The summed E-state index contributed by atoms with van der Waals surface area (Å²) in [5, 5.41) is 19.5. The van der Waals surface area contributed by atoms with Crippen LogP contribution in [0.1, 0.15) is 18.6 Å². The van der Waals surface area contributed by atoms with Crippen molar-refractivity contribution in [2.75, 3.05) is 13.7 Å². The lowest BCUT2D eigenvalue weighted by Gasteiger charge is -2.18. The minimum Gasteiger partial charge on any atom is -0.493 e. The zero-order valence-corrected chi connectivity index (χ0v) is 11.5. The molecule has 0 amide bonds. The Bertz CT molecular complexity index is 480. The first-order valence-corrected chi connectivity index (χ1v) is 6.06. The fourth-order valence-electron chi connectivity index (χ4n) is 1.60. The van der Waals surface area contributed by atoms with Crippen LogP contribution < -0.4 is 9.47 Å². The van der Waals surface area contributed by atoms with E-state index in [2.05, 4.69) is 9.47 Å². The third-order valence-corrected chi connectivity index (χ3v) is 2.57. The summed E-state index contributed by atoms with van der Waals surface area (Å²) in [5.41, 5.74) is 0.0917. The second-order valence-corrected chi connectivity index (χ2v) is 3.93. The molecule has 0 aliphatic rings. The molecule has 0 saturated heterocycles. The van der Waals surface area contributed by atoms with Crippen molar-refractivity contribution in [3.63, 3.8) is 0 Å². The molecule has 0 aromatic heterocycles.